The number of ether oxygens (including phenoxy) is 2. The van der Waals surface area contributed by atoms with Gasteiger partial charge in [-0.25, -0.2) is 9.18 Å². The van der Waals surface area contributed by atoms with Gasteiger partial charge in [0.1, 0.15) is 12.3 Å². The van der Waals surface area contributed by atoms with Gasteiger partial charge in [0.25, 0.3) is 0 Å². The van der Waals surface area contributed by atoms with Gasteiger partial charge in [0.2, 0.25) is 0 Å². The Labute approximate surface area is 95.5 Å². The highest BCUT2D eigenvalue weighted by molar-refractivity contribution is 5.68. The molecular weight excluding hydrogens is 213 g/mol. The second kappa shape index (κ2) is 5.48. The first-order valence-electron chi connectivity index (χ1n) is 5.58. The van der Waals surface area contributed by atoms with E-state index in [0.29, 0.717) is 13.0 Å². The number of carbonyl (C=O) groups is 1. The van der Waals surface area contributed by atoms with Crippen molar-refractivity contribution < 1.29 is 18.7 Å². The van der Waals surface area contributed by atoms with E-state index >= 15 is 0 Å². The van der Waals surface area contributed by atoms with Crippen LogP contribution in [0, 0.1) is 0 Å². The number of hydrogen-bond acceptors (Lipinski definition) is 3. The third-order valence-electron chi connectivity index (χ3n) is 2.26. The molecule has 0 unspecified atom stereocenters. The first kappa shape index (κ1) is 13.2. The second-order valence-electron chi connectivity index (χ2n) is 5.03. The van der Waals surface area contributed by atoms with Gasteiger partial charge < -0.3 is 14.8 Å². The molecule has 1 N–H and O–H groups in total. The van der Waals surface area contributed by atoms with Crippen molar-refractivity contribution in [2.24, 2.45) is 0 Å². The maximum atomic E-state index is 12.3. The van der Waals surface area contributed by atoms with Gasteiger partial charge >= 0.3 is 6.09 Å². The fourth-order valence-electron chi connectivity index (χ4n) is 1.52. The number of alkyl carbamates (subject to hydrolysis) is 1. The zero-order valence-electron chi connectivity index (χ0n) is 10.1. The van der Waals surface area contributed by atoms with Gasteiger partial charge in [-0.1, -0.05) is 0 Å². The molecule has 1 rings (SSSR count). The lowest BCUT2D eigenvalue weighted by Crippen LogP contribution is -2.45. The Morgan fingerprint density at radius 2 is 2.19 bits per heavy atom. The Hall–Kier alpha value is -0.840. The van der Waals surface area contributed by atoms with Crippen LogP contribution in [0.15, 0.2) is 0 Å². The highest BCUT2D eigenvalue weighted by Gasteiger charge is 2.24. The van der Waals surface area contributed by atoms with Gasteiger partial charge in [-0.3, -0.25) is 0 Å². The first-order valence-corrected chi connectivity index (χ1v) is 5.58. The van der Waals surface area contributed by atoms with E-state index < -0.39 is 18.4 Å². The van der Waals surface area contributed by atoms with Crippen LogP contribution in [-0.2, 0) is 9.47 Å². The van der Waals surface area contributed by atoms with Crippen LogP contribution in [0.5, 0.6) is 0 Å². The van der Waals surface area contributed by atoms with Gasteiger partial charge in [-0.05, 0) is 33.6 Å². The Morgan fingerprint density at radius 1 is 1.50 bits per heavy atom. The van der Waals surface area contributed by atoms with Crippen LogP contribution in [0.4, 0.5) is 9.18 Å². The molecule has 1 aliphatic heterocycles. The van der Waals surface area contributed by atoms with Gasteiger partial charge in [-0.15, -0.1) is 0 Å². The molecule has 1 heterocycles. The number of nitrogens with one attached hydrogen (secondary N) is 1. The number of rotatable bonds is 2. The van der Waals surface area contributed by atoms with Crippen LogP contribution in [-0.4, -0.2) is 37.1 Å². The second-order valence-corrected chi connectivity index (χ2v) is 5.03. The van der Waals surface area contributed by atoms with Crippen LogP contribution < -0.4 is 5.32 Å². The predicted octanol–water partition coefficient (Wildman–Crippen LogP) is 2.03. The van der Waals surface area contributed by atoms with E-state index in [2.05, 4.69) is 5.32 Å². The minimum Gasteiger partial charge on any atom is -0.444 e. The van der Waals surface area contributed by atoms with Crippen molar-refractivity contribution in [3.05, 3.63) is 0 Å². The largest absolute Gasteiger partial charge is 0.444 e. The van der Waals surface area contributed by atoms with Crippen LogP contribution in [0.3, 0.4) is 0 Å². The van der Waals surface area contributed by atoms with Crippen LogP contribution in [0.1, 0.15) is 33.6 Å². The minimum atomic E-state index is -0.499. The third-order valence-corrected chi connectivity index (χ3v) is 2.26. The average molecular weight is 233 g/mol. The van der Waals surface area contributed by atoms with E-state index in [1.165, 1.54) is 0 Å². The van der Waals surface area contributed by atoms with E-state index in [9.17, 15) is 9.18 Å². The molecule has 0 aromatic heterocycles. The van der Waals surface area contributed by atoms with Crippen molar-refractivity contribution in [1.82, 2.24) is 5.32 Å². The average Bonchev–Trinajstić information content (AvgIpc) is 2.16. The number of hydrogen-bond donors (Lipinski definition) is 1. The lowest BCUT2D eigenvalue weighted by Gasteiger charge is -2.29. The summed E-state index contributed by atoms with van der Waals surface area (Å²) in [6.45, 7) is 5.32. The maximum Gasteiger partial charge on any atom is 0.407 e. The molecule has 0 aromatic rings. The maximum absolute atomic E-state index is 12.3. The molecule has 1 amide bonds. The minimum absolute atomic E-state index is 0.0716. The van der Waals surface area contributed by atoms with Crippen molar-refractivity contribution >= 4 is 6.09 Å². The summed E-state index contributed by atoms with van der Waals surface area (Å²) in [6, 6.07) is -0.0716. The number of halogens is 1. The lowest BCUT2D eigenvalue weighted by molar-refractivity contribution is -0.0185. The molecule has 1 saturated heterocycles. The van der Waals surface area contributed by atoms with E-state index in [1.807, 2.05) is 20.8 Å². The Kier molecular flexibility index (Phi) is 4.53. The SMILES string of the molecule is CC(C)(C)OC(=O)N[C@H]1CC[C@H](CF)OC1. The Bertz CT molecular complexity index is 232. The number of alkyl halides is 1. The Balaban J connectivity index is 2.26. The monoisotopic (exact) mass is 233 g/mol. The zero-order valence-corrected chi connectivity index (χ0v) is 10.1. The summed E-state index contributed by atoms with van der Waals surface area (Å²) in [5.41, 5.74) is -0.499. The van der Waals surface area contributed by atoms with Crippen molar-refractivity contribution in [3.63, 3.8) is 0 Å². The molecule has 5 heteroatoms. The fourth-order valence-corrected chi connectivity index (χ4v) is 1.52. The lowest BCUT2D eigenvalue weighted by atomic mass is 10.1. The first-order chi connectivity index (χ1) is 7.40. The predicted molar refractivity (Wildman–Crippen MR) is 58.1 cm³/mol. The van der Waals surface area contributed by atoms with Gasteiger partial charge in [0.05, 0.1) is 18.8 Å². The van der Waals surface area contributed by atoms with E-state index in [4.69, 9.17) is 9.47 Å². The Morgan fingerprint density at radius 3 is 2.62 bits per heavy atom. The molecule has 0 aromatic carbocycles. The molecule has 1 fully saturated rings. The third kappa shape index (κ3) is 4.79. The van der Waals surface area contributed by atoms with Gasteiger partial charge in [0.15, 0.2) is 0 Å². The van der Waals surface area contributed by atoms with Crippen molar-refractivity contribution in [2.75, 3.05) is 13.3 Å². The molecule has 0 bridgehead atoms. The van der Waals surface area contributed by atoms with Crippen LogP contribution >= 0.6 is 0 Å². The molecule has 16 heavy (non-hydrogen) atoms. The summed E-state index contributed by atoms with van der Waals surface area (Å²) in [7, 11) is 0. The smallest absolute Gasteiger partial charge is 0.407 e. The van der Waals surface area contributed by atoms with Gasteiger partial charge in [0, 0.05) is 0 Å². The van der Waals surface area contributed by atoms with Crippen LogP contribution in [0.25, 0.3) is 0 Å². The van der Waals surface area contributed by atoms with Crippen LogP contribution in [0.2, 0.25) is 0 Å². The fraction of sp³-hybridized carbons (Fsp3) is 0.909. The highest BCUT2D eigenvalue weighted by atomic mass is 19.1. The van der Waals surface area contributed by atoms with Crippen molar-refractivity contribution in [2.45, 2.75) is 51.4 Å². The molecular formula is C11H20FNO3. The highest BCUT2D eigenvalue weighted by Crippen LogP contribution is 2.14. The molecule has 4 nitrogen and oxygen atoms in total. The van der Waals surface area contributed by atoms with E-state index in [1.54, 1.807) is 0 Å². The number of amides is 1. The van der Waals surface area contributed by atoms with Gasteiger partial charge in [-0.2, -0.15) is 0 Å². The quantitative estimate of drug-likeness (QED) is 0.793. The zero-order chi connectivity index (χ0) is 12.2. The molecule has 0 radical (unpaired) electrons. The molecule has 0 aliphatic carbocycles. The summed E-state index contributed by atoms with van der Waals surface area (Å²) in [4.78, 5) is 11.4. The molecule has 0 saturated carbocycles. The summed E-state index contributed by atoms with van der Waals surface area (Å²) in [6.07, 6.45) is 0.613. The van der Waals surface area contributed by atoms with Crippen molar-refractivity contribution in [1.29, 1.82) is 0 Å². The van der Waals surface area contributed by atoms with E-state index in [-0.39, 0.29) is 12.1 Å². The molecule has 2 atom stereocenters. The topological polar surface area (TPSA) is 47.6 Å². The molecule has 1 aliphatic rings. The van der Waals surface area contributed by atoms with Crippen molar-refractivity contribution in [3.8, 4) is 0 Å². The standard InChI is InChI=1S/C11H20FNO3/c1-11(2,3)16-10(14)13-8-4-5-9(6-12)15-7-8/h8-9H,4-7H2,1-3H3,(H,13,14)/t8-,9+/m0/s1. The molecule has 0 spiro atoms. The number of carbonyl (C=O) groups excluding carboxylic acids is 1. The summed E-state index contributed by atoms with van der Waals surface area (Å²) in [5.74, 6) is 0. The summed E-state index contributed by atoms with van der Waals surface area (Å²) < 4.78 is 22.6. The molecule has 94 valence electrons. The summed E-state index contributed by atoms with van der Waals surface area (Å²) >= 11 is 0. The summed E-state index contributed by atoms with van der Waals surface area (Å²) in [5, 5.41) is 2.71. The van der Waals surface area contributed by atoms with E-state index in [0.717, 1.165) is 6.42 Å². The normalized spacial score (nSPS) is 26.2.